The van der Waals surface area contributed by atoms with Gasteiger partial charge in [-0.05, 0) is 25.7 Å². The molecule has 0 aliphatic carbocycles. The van der Waals surface area contributed by atoms with Crippen LogP contribution in [-0.4, -0.2) is 53.4 Å². The van der Waals surface area contributed by atoms with Gasteiger partial charge in [0, 0.05) is 26.2 Å². The van der Waals surface area contributed by atoms with Crippen LogP contribution in [0, 0.1) is 5.92 Å². The normalized spacial score (nSPS) is 24.1. The first-order valence-electron chi connectivity index (χ1n) is 6.88. The van der Waals surface area contributed by atoms with Crippen LogP contribution in [0.4, 0.5) is 4.79 Å². The molecule has 2 N–H and O–H groups in total. The van der Waals surface area contributed by atoms with E-state index in [4.69, 9.17) is 5.73 Å². The molecule has 2 amide bonds. The Morgan fingerprint density at radius 1 is 1.39 bits per heavy atom. The molecule has 102 valence electrons. The van der Waals surface area contributed by atoms with Crippen molar-refractivity contribution in [3.63, 3.8) is 0 Å². The standard InChI is InChI=1S/C13H24N4O/c1-4-17-12(18)15-11(14)13(17)5-7-16(8-6-13)9-10(2)3/h10H,4-9H2,1-3H3,(H2,14,15,18). The second-order valence-corrected chi connectivity index (χ2v) is 5.75. The van der Waals surface area contributed by atoms with Crippen molar-refractivity contribution in [3.05, 3.63) is 0 Å². The van der Waals surface area contributed by atoms with Crippen molar-refractivity contribution in [2.75, 3.05) is 26.2 Å². The average molecular weight is 252 g/mol. The molecule has 0 radical (unpaired) electrons. The molecule has 0 atom stereocenters. The summed E-state index contributed by atoms with van der Waals surface area (Å²) in [5, 5.41) is 0. The molecule has 1 fully saturated rings. The van der Waals surface area contributed by atoms with Crippen molar-refractivity contribution in [3.8, 4) is 0 Å². The number of amidine groups is 1. The molecule has 5 nitrogen and oxygen atoms in total. The monoisotopic (exact) mass is 252 g/mol. The largest absolute Gasteiger partial charge is 0.385 e. The Balaban J connectivity index is 2.07. The van der Waals surface area contributed by atoms with Gasteiger partial charge in [-0.25, -0.2) is 4.79 Å². The van der Waals surface area contributed by atoms with Crippen molar-refractivity contribution in [2.45, 2.75) is 39.2 Å². The summed E-state index contributed by atoms with van der Waals surface area (Å²) in [6.45, 7) is 10.3. The molecular weight excluding hydrogens is 228 g/mol. The maximum absolute atomic E-state index is 11.8. The average Bonchev–Trinajstić information content (AvgIpc) is 2.53. The van der Waals surface area contributed by atoms with Crippen molar-refractivity contribution in [1.82, 2.24) is 9.80 Å². The predicted octanol–water partition coefficient (Wildman–Crippen LogP) is 1.29. The van der Waals surface area contributed by atoms with Crippen molar-refractivity contribution in [2.24, 2.45) is 16.6 Å². The summed E-state index contributed by atoms with van der Waals surface area (Å²) in [5.41, 5.74) is 5.72. The smallest absolute Gasteiger partial charge is 0.346 e. The number of hydrogen-bond donors (Lipinski definition) is 1. The van der Waals surface area contributed by atoms with E-state index in [-0.39, 0.29) is 11.6 Å². The van der Waals surface area contributed by atoms with Gasteiger partial charge in [-0.1, -0.05) is 13.8 Å². The molecule has 0 aromatic rings. The van der Waals surface area contributed by atoms with E-state index < -0.39 is 0 Å². The number of carbonyl (C=O) groups is 1. The lowest BCUT2D eigenvalue weighted by atomic mass is 9.85. The highest BCUT2D eigenvalue weighted by Gasteiger charge is 2.49. The van der Waals surface area contributed by atoms with E-state index in [1.165, 1.54) is 0 Å². The number of rotatable bonds is 3. The third-order valence-corrected chi connectivity index (χ3v) is 4.06. The molecule has 0 bridgehead atoms. The van der Waals surface area contributed by atoms with Crippen LogP contribution in [0.2, 0.25) is 0 Å². The molecule has 5 heteroatoms. The highest BCUT2D eigenvalue weighted by Crippen LogP contribution is 2.33. The Morgan fingerprint density at radius 3 is 2.50 bits per heavy atom. The zero-order valence-electron chi connectivity index (χ0n) is 11.6. The van der Waals surface area contributed by atoms with Crippen LogP contribution >= 0.6 is 0 Å². The highest BCUT2D eigenvalue weighted by atomic mass is 16.2. The predicted molar refractivity (Wildman–Crippen MR) is 72.6 cm³/mol. The van der Waals surface area contributed by atoms with Gasteiger partial charge in [0.15, 0.2) is 0 Å². The maximum atomic E-state index is 11.8. The lowest BCUT2D eigenvalue weighted by Crippen LogP contribution is -2.59. The summed E-state index contributed by atoms with van der Waals surface area (Å²) in [4.78, 5) is 20.1. The first-order chi connectivity index (χ1) is 8.49. The molecule has 1 spiro atoms. The second-order valence-electron chi connectivity index (χ2n) is 5.75. The van der Waals surface area contributed by atoms with Gasteiger partial charge in [0.1, 0.15) is 11.4 Å². The molecule has 18 heavy (non-hydrogen) atoms. The Hall–Kier alpha value is -1.10. The minimum Gasteiger partial charge on any atom is -0.385 e. The molecular formula is C13H24N4O. The van der Waals surface area contributed by atoms with Crippen LogP contribution in [0.5, 0.6) is 0 Å². The molecule has 2 aliphatic rings. The van der Waals surface area contributed by atoms with Crippen LogP contribution in [0.1, 0.15) is 33.6 Å². The lowest BCUT2D eigenvalue weighted by molar-refractivity contribution is 0.0977. The molecule has 0 saturated carbocycles. The number of amides is 2. The Labute approximate surface area is 109 Å². The summed E-state index contributed by atoms with van der Waals surface area (Å²) in [5.74, 6) is 1.20. The van der Waals surface area contributed by atoms with Crippen molar-refractivity contribution < 1.29 is 4.79 Å². The van der Waals surface area contributed by atoms with Gasteiger partial charge in [-0.3, -0.25) is 0 Å². The Bertz CT molecular complexity index is 356. The Morgan fingerprint density at radius 2 is 2.00 bits per heavy atom. The topological polar surface area (TPSA) is 61.9 Å². The SMILES string of the molecule is CCN1C(=O)N=C(N)C12CCN(CC(C)C)CC2. The van der Waals surface area contributed by atoms with Gasteiger partial charge < -0.3 is 15.5 Å². The van der Waals surface area contributed by atoms with E-state index in [0.717, 1.165) is 32.5 Å². The Kier molecular flexibility index (Phi) is 3.61. The van der Waals surface area contributed by atoms with Crippen molar-refractivity contribution in [1.29, 1.82) is 0 Å². The molecule has 0 unspecified atom stereocenters. The fraction of sp³-hybridized carbons (Fsp3) is 0.846. The van der Waals surface area contributed by atoms with Gasteiger partial charge in [-0.15, -0.1) is 0 Å². The number of piperidine rings is 1. The first-order valence-corrected chi connectivity index (χ1v) is 6.88. The number of hydrogen-bond acceptors (Lipinski definition) is 3. The maximum Gasteiger partial charge on any atom is 0.346 e. The van der Waals surface area contributed by atoms with Gasteiger partial charge in [0.05, 0.1) is 0 Å². The quantitative estimate of drug-likeness (QED) is 0.823. The third kappa shape index (κ3) is 2.11. The van der Waals surface area contributed by atoms with E-state index in [2.05, 4.69) is 23.7 Å². The molecule has 0 aromatic heterocycles. The summed E-state index contributed by atoms with van der Waals surface area (Å²) in [7, 11) is 0. The number of urea groups is 1. The zero-order chi connectivity index (χ0) is 13.3. The number of carbonyl (C=O) groups excluding carboxylic acids is 1. The molecule has 0 aromatic carbocycles. The molecule has 1 saturated heterocycles. The summed E-state index contributed by atoms with van der Waals surface area (Å²) in [6, 6.07) is -0.160. The minimum absolute atomic E-state index is 0.160. The van der Waals surface area contributed by atoms with Crippen LogP contribution < -0.4 is 5.73 Å². The number of nitrogens with two attached hydrogens (primary N) is 1. The van der Waals surface area contributed by atoms with Crippen LogP contribution in [-0.2, 0) is 0 Å². The van der Waals surface area contributed by atoms with Crippen LogP contribution in [0.15, 0.2) is 4.99 Å². The van der Waals surface area contributed by atoms with Crippen LogP contribution in [0.3, 0.4) is 0 Å². The fourth-order valence-electron chi connectivity index (χ4n) is 3.17. The number of aliphatic imine (C=N–C) groups is 1. The van der Waals surface area contributed by atoms with Gasteiger partial charge in [0.2, 0.25) is 0 Å². The fourth-order valence-corrected chi connectivity index (χ4v) is 3.17. The highest BCUT2D eigenvalue weighted by molar-refractivity contribution is 6.05. The molecule has 2 heterocycles. The summed E-state index contributed by atoms with van der Waals surface area (Å²) in [6.07, 6.45) is 1.82. The number of likely N-dealkylation sites (N-methyl/N-ethyl adjacent to an activating group) is 1. The summed E-state index contributed by atoms with van der Waals surface area (Å²) < 4.78 is 0. The van der Waals surface area contributed by atoms with E-state index in [0.29, 0.717) is 18.3 Å². The first kappa shape index (κ1) is 13.3. The van der Waals surface area contributed by atoms with E-state index in [1.807, 2.05) is 11.8 Å². The number of nitrogens with zero attached hydrogens (tertiary/aromatic N) is 3. The van der Waals surface area contributed by atoms with Crippen LogP contribution in [0.25, 0.3) is 0 Å². The summed E-state index contributed by atoms with van der Waals surface area (Å²) >= 11 is 0. The number of likely N-dealkylation sites (tertiary alicyclic amines) is 1. The zero-order valence-corrected chi connectivity index (χ0v) is 11.6. The molecule has 2 rings (SSSR count). The van der Waals surface area contributed by atoms with Gasteiger partial charge in [0.25, 0.3) is 0 Å². The third-order valence-electron chi connectivity index (χ3n) is 4.06. The lowest BCUT2D eigenvalue weighted by Gasteiger charge is -2.44. The van der Waals surface area contributed by atoms with Crippen molar-refractivity contribution >= 4 is 11.9 Å². The second kappa shape index (κ2) is 4.88. The molecule has 2 aliphatic heterocycles. The van der Waals surface area contributed by atoms with Gasteiger partial charge in [-0.2, -0.15) is 4.99 Å². The minimum atomic E-state index is -0.292. The van der Waals surface area contributed by atoms with E-state index in [1.54, 1.807) is 0 Å². The van der Waals surface area contributed by atoms with E-state index >= 15 is 0 Å². The van der Waals surface area contributed by atoms with E-state index in [9.17, 15) is 4.79 Å². The van der Waals surface area contributed by atoms with Gasteiger partial charge >= 0.3 is 6.03 Å².